The number of aliphatic hydroxyl groups is 1. The summed E-state index contributed by atoms with van der Waals surface area (Å²) in [5.74, 6) is -0.321. The second-order valence-electron chi connectivity index (χ2n) is 5.47. The molecule has 0 bridgehead atoms. The van der Waals surface area contributed by atoms with Crippen molar-refractivity contribution in [2.75, 3.05) is 5.32 Å². The zero-order valence-electron chi connectivity index (χ0n) is 13.8. The Morgan fingerprint density at radius 2 is 2.21 bits per heavy atom. The summed E-state index contributed by atoms with van der Waals surface area (Å²) in [5, 5.41) is 25.9. The molecule has 0 spiro atoms. The summed E-state index contributed by atoms with van der Waals surface area (Å²) >= 11 is 2.03. The minimum absolute atomic E-state index is 0.298. The molecule has 1 heterocycles. The van der Waals surface area contributed by atoms with E-state index in [-0.39, 0.29) is 5.82 Å². The van der Waals surface area contributed by atoms with Crippen molar-refractivity contribution in [1.29, 1.82) is 5.41 Å². The standard InChI is InChI=1S/C17H20FIN4O/c1-4-12-9-16(23(3)22-12)17(24)15(7-10(2)20)21-14-6-5-11(18)8-13(14)19/h5-9,17,20-21,24H,4H2,1-3H3/b15-7-,20-10?. The SMILES string of the molecule is CCc1cc(C(O)/C(=C/C(C)=N)Nc2ccc(F)cc2I)n(C)n1. The molecule has 0 aliphatic heterocycles. The maximum Gasteiger partial charge on any atom is 0.135 e. The summed E-state index contributed by atoms with van der Waals surface area (Å²) in [5.41, 5.74) is 2.92. The van der Waals surface area contributed by atoms with Crippen LogP contribution >= 0.6 is 22.6 Å². The highest BCUT2D eigenvalue weighted by molar-refractivity contribution is 14.1. The predicted molar refractivity (Wildman–Crippen MR) is 102 cm³/mol. The Morgan fingerprint density at radius 1 is 1.50 bits per heavy atom. The Balaban J connectivity index is 2.37. The summed E-state index contributed by atoms with van der Waals surface area (Å²) < 4.78 is 15.6. The van der Waals surface area contributed by atoms with Crippen LogP contribution in [0.2, 0.25) is 0 Å². The van der Waals surface area contributed by atoms with Gasteiger partial charge in [0.1, 0.15) is 11.9 Å². The quantitative estimate of drug-likeness (QED) is 0.471. The Bertz CT molecular complexity index is 785. The number of aryl methyl sites for hydroxylation is 2. The van der Waals surface area contributed by atoms with Crippen LogP contribution in [0.15, 0.2) is 36.0 Å². The summed E-state index contributed by atoms with van der Waals surface area (Å²) in [4.78, 5) is 0. The number of anilines is 1. The molecule has 0 amide bonds. The summed E-state index contributed by atoms with van der Waals surface area (Å²) in [7, 11) is 1.77. The third kappa shape index (κ3) is 4.41. The van der Waals surface area contributed by atoms with E-state index < -0.39 is 6.10 Å². The first-order valence-corrected chi connectivity index (χ1v) is 8.59. The molecule has 0 aliphatic rings. The molecule has 1 atom stereocenters. The Hall–Kier alpha value is -1.74. The third-order valence-electron chi connectivity index (χ3n) is 3.49. The van der Waals surface area contributed by atoms with Gasteiger partial charge in [-0.25, -0.2) is 4.39 Å². The first kappa shape index (κ1) is 18.6. The fourth-order valence-electron chi connectivity index (χ4n) is 2.29. The average Bonchev–Trinajstić information content (AvgIpc) is 2.89. The molecule has 7 heteroatoms. The van der Waals surface area contributed by atoms with Crippen LogP contribution in [0.4, 0.5) is 10.1 Å². The van der Waals surface area contributed by atoms with Crippen molar-refractivity contribution in [3.05, 3.63) is 56.8 Å². The van der Waals surface area contributed by atoms with Crippen LogP contribution in [-0.2, 0) is 13.5 Å². The lowest BCUT2D eigenvalue weighted by Gasteiger charge is -2.18. The van der Waals surface area contributed by atoms with Gasteiger partial charge in [-0.2, -0.15) is 5.10 Å². The van der Waals surface area contributed by atoms with E-state index in [1.165, 1.54) is 12.1 Å². The fourth-order valence-corrected chi connectivity index (χ4v) is 2.91. The molecule has 0 fully saturated rings. The highest BCUT2D eigenvalue weighted by Gasteiger charge is 2.19. The molecule has 2 aromatic rings. The van der Waals surface area contributed by atoms with Crippen LogP contribution in [0.25, 0.3) is 0 Å². The normalized spacial score (nSPS) is 13.0. The maximum absolute atomic E-state index is 13.3. The van der Waals surface area contributed by atoms with Gasteiger partial charge in [-0.3, -0.25) is 4.68 Å². The van der Waals surface area contributed by atoms with Crippen molar-refractivity contribution in [2.24, 2.45) is 7.05 Å². The summed E-state index contributed by atoms with van der Waals surface area (Å²) in [6.07, 6.45) is 1.36. The largest absolute Gasteiger partial charge is 0.381 e. The van der Waals surface area contributed by atoms with Crippen LogP contribution in [0.5, 0.6) is 0 Å². The molecule has 5 nitrogen and oxygen atoms in total. The Kier molecular flexibility index (Phi) is 6.11. The molecule has 1 unspecified atom stereocenters. The van der Waals surface area contributed by atoms with E-state index in [9.17, 15) is 9.50 Å². The molecule has 1 aromatic heterocycles. The second kappa shape index (κ2) is 7.89. The highest BCUT2D eigenvalue weighted by Crippen LogP contribution is 2.27. The summed E-state index contributed by atoms with van der Waals surface area (Å²) in [6, 6.07) is 6.21. The predicted octanol–water partition coefficient (Wildman–Crippen LogP) is 3.80. The molecule has 0 radical (unpaired) electrons. The number of nitrogens with one attached hydrogen (secondary N) is 2. The van der Waals surface area contributed by atoms with Crippen LogP contribution in [-0.4, -0.2) is 20.6 Å². The molecule has 2 rings (SSSR count). The first-order chi connectivity index (χ1) is 11.3. The van der Waals surface area contributed by atoms with Crippen molar-refractivity contribution >= 4 is 34.0 Å². The fraction of sp³-hybridized carbons (Fsp3) is 0.294. The summed E-state index contributed by atoms with van der Waals surface area (Å²) in [6.45, 7) is 3.63. The van der Waals surface area contributed by atoms with Crippen LogP contribution < -0.4 is 5.32 Å². The van der Waals surface area contributed by atoms with Crippen molar-refractivity contribution in [3.8, 4) is 0 Å². The number of allylic oxidation sites excluding steroid dienone is 1. The number of hydrogen-bond donors (Lipinski definition) is 3. The van der Waals surface area contributed by atoms with Crippen molar-refractivity contribution in [1.82, 2.24) is 9.78 Å². The van der Waals surface area contributed by atoms with Gasteiger partial charge in [0.25, 0.3) is 0 Å². The van der Waals surface area contributed by atoms with Gasteiger partial charge in [0.05, 0.1) is 22.8 Å². The van der Waals surface area contributed by atoms with Gasteiger partial charge in [-0.05, 0) is 66.3 Å². The number of benzene rings is 1. The first-order valence-electron chi connectivity index (χ1n) is 7.51. The van der Waals surface area contributed by atoms with Gasteiger partial charge in [-0.15, -0.1) is 0 Å². The van der Waals surface area contributed by atoms with Gasteiger partial charge in [0.15, 0.2) is 0 Å². The maximum atomic E-state index is 13.3. The van der Waals surface area contributed by atoms with Crippen LogP contribution in [0, 0.1) is 14.8 Å². The van der Waals surface area contributed by atoms with E-state index in [1.807, 2.05) is 35.6 Å². The van der Waals surface area contributed by atoms with E-state index >= 15 is 0 Å². The zero-order valence-corrected chi connectivity index (χ0v) is 15.9. The lowest BCUT2D eigenvalue weighted by Crippen LogP contribution is -2.15. The van der Waals surface area contributed by atoms with Crippen LogP contribution in [0.3, 0.4) is 0 Å². The van der Waals surface area contributed by atoms with E-state index in [1.54, 1.807) is 30.8 Å². The number of aliphatic hydroxyl groups excluding tert-OH is 1. The zero-order chi connectivity index (χ0) is 17.9. The van der Waals surface area contributed by atoms with Gasteiger partial charge in [0.2, 0.25) is 0 Å². The Morgan fingerprint density at radius 3 is 2.75 bits per heavy atom. The van der Waals surface area contributed by atoms with Crippen molar-refractivity contribution in [3.63, 3.8) is 0 Å². The van der Waals surface area contributed by atoms with Gasteiger partial charge in [0, 0.05) is 16.3 Å². The molecule has 24 heavy (non-hydrogen) atoms. The van der Waals surface area contributed by atoms with E-state index in [4.69, 9.17) is 5.41 Å². The Labute approximate surface area is 154 Å². The number of halogens is 2. The number of hydrogen-bond acceptors (Lipinski definition) is 4. The topological polar surface area (TPSA) is 73.9 Å². The minimum atomic E-state index is -0.969. The molecule has 1 aromatic carbocycles. The lowest BCUT2D eigenvalue weighted by atomic mass is 10.1. The number of rotatable bonds is 6. The van der Waals surface area contributed by atoms with Crippen LogP contribution in [0.1, 0.15) is 31.3 Å². The van der Waals surface area contributed by atoms with E-state index in [0.717, 1.165) is 12.1 Å². The average molecular weight is 442 g/mol. The van der Waals surface area contributed by atoms with Gasteiger partial charge < -0.3 is 15.8 Å². The molecular weight excluding hydrogens is 422 g/mol. The number of aromatic nitrogens is 2. The minimum Gasteiger partial charge on any atom is -0.381 e. The second-order valence-corrected chi connectivity index (χ2v) is 6.63. The van der Waals surface area contributed by atoms with E-state index in [0.29, 0.717) is 26.4 Å². The highest BCUT2D eigenvalue weighted by atomic mass is 127. The molecule has 0 saturated carbocycles. The number of nitrogens with zero attached hydrogens (tertiary/aromatic N) is 2. The molecular formula is C17H20FIN4O. The molecule has 0 saturated heterocycles. The monoisotopic (exact) mass is 442 g/mol. The van der Waals surface area contributed by atoms with Gasteiger partial charge >= 0.3 is 0 Å². The van der Waals surface area contributed by atoms with Gasteiger partial charge in [-0.1, -0.05) is 6.92 Å². The van der Waals surface area contributed by atoms with Crippen molar-refractivity contribution in [2.45, 2.75) is 26.4 Å². The third-order valence-corrected chi connectivity index (χ3v) is 4.38. The molecule has 128 valence electrons. The van der Waals surface area contributed by atoms with E-state index in [2.05, 4.69) is 10.4 Å². The molecule has 3 N–H and O–H groups in total. The lowest BCUT2D eigenvalue weighted by molar-refractivity contribution is 0.206. The van der Waals surface area contributed by atoms with Crippen molar-refractivity contribution < 1.29 is 9.50 Å². The smallest absolute Gasteiger partial charge is 0.135 e. The molecule has 0 aliphatic carbocycles.